The first-order valence-corrected chi connectivity index (χ1v) is 7.03. The van der Waals surface area contributed by atoms with Crippen molar-refractivity contribution in [3.63, 3.8) is 0 Å². The molecule has 104 valence electrons. The Bertz CT molecular complexity index is 427. The highest BCUT2D eigenvalue weighted by molar-refractivity contribution is 5.89. The van der Waals surface area contributed by atoms with E-state index in [0.29, 0.717) is 12.6 Å². The predicted octanol–water partition coefficient (Wildman–Crippen LogP) is 2.94. The number of nitrogens with zero attached hydrogens (tertiary/aromatic N) is 1. The van der Waals surface area contributed by atoms with Crippen LogP contribution in [0, 0.1) is 0 Å². The van der Waals surface area contributed by atoms with Gasteiger partial charge >= 0.3 is 6.03 Å². The van der Waals surface area contributed by atoms with E-state index in [9.17, 15) is 4.79 Å². The molecule has 0 radical (unpaired) electrons. The Morgan fingerprint density at radius 1 is 1.37 bits per heavy atom. The topological polar surface area (TPSA) is 58.4 Å². The quantitative estimate of drug-likeness (QED) is 0.879. The molecule has 1 aliphatic rings. The van der Waals surface area contributed by atoms with Gasteiger partial charge in [0.15, 0.2) is 0 Å². The van der Waals surface area contributed by atoms with E-state index in [0.717, 1.165) is 24.1 Å². The van der Waals surface area contributed by atoms with Crippen LogP contribution in [0.4, 0.5) is 10.5 Å². The average molecular weight is 261 g/mol. The first-order valence-electron chi connectivity index (χ1n) is 7.03. The Balaban J connectivity index is 1.95. The summed E-state index contributed by atoms with van der Waals surface area (Å²) in [5.41, 5.74) is 7.44. The first kappa shape index (κ1) is 13.9. The van der Waals surface area contributed by atoms with Crippen molar-refractivity contribution in [1.29, 1.82) is 0 Å². The van der Waals surface area contributed by atoms with E-state index in [2.05, 4.69) is 5.32 Å². The summed E-state index contributed by atoms with van der Waals surface area (Å²) in [5, 5.41) is 2.95. The van der Waals surface area contributed by atoms with Gasteiger partial charge in [-0.1, -0.05) is 31.4 Å². The fourth-order valence-electron chi connectivity index (χ4n) is 2.62. The van der Waals surface area contributed by atoms with Gasteiger partial charge < -0.3 is 16.0 Å². The van der Waals surface area contributed by atoms with Crippen molar-refractivity contribution in [2.24, 2.45) is 5.73 Å². The van der Waals surface area contributed by atoms with Crippen molar-refractivity contribution in [2.75, 3.05) is 12.4 Å². The lowest BCUT2D eigenvalue weighted by Crippen LogP contribution is -2.40. The lowest BCUT2D eigenvalue weighted by atomic mass is 9.95. The Morgan fingerprint density at radius 3 is 2.79 bits per heavy atom. The molecule has 1 aromatic carbocycles. The number of benzene rings is 1. The van der Waals surface area contributed by atoms with Crippen molar-refractivity contribution in [3.8, 4) is 0 Å². The summed E-state index contributed by atoms with van der Waals surface area (Å²) in [5.74, 6) is 0. The minimum Gasteiger partial charge on any atom is -0.326 e. The van der Waals surface area contributed by atoms with E-state index >= 15 is 0 Å². The lowest BCUT2D eigenvalue weighted by Gasteiger charge is -2.31. The maximum absolute atomic E-state index is 12.2. The second-order valence-electron chi connectivity index (χ2n) is 5.24. The van der Waals surface area contributed by atoms with Crippen molar-refractivity contribution in [3.05, 3.63) is 29.8 Å². The molecule has 0 spiro atoms. The number of nitrogens with one attached hydrogen (secondary N) is 1. The third kappa shape index (κ3) is 3.70. The number of anilines is 1. The van der Waals surface area contributed by atoms with Crippen LogP contribution in [0.15, 0.2) is 24.3 Å². The van der Waals surface area contributed by atoms with Gasteiger partial charge in [0.2, 0.25) is 0 Å². The van der Waals surface area contributed by atoms with Crippen LogP contribution in [0.3, 0.4) is 0 Å². The molecule has 2 rings (SSSR count). The number of carbonyl (C=O) groups is 1. The monoisotopic (exact) mass is 261 g/mol. The number of carbonyl (C=O) groups excluding carboxylic acids is 1. The van der Waals surface area contributed by atoms with E-state index in [1.807, 2.05) is 36.2 Å². The van der Waals surface area contributed by atoms with Crippen LogP contribution in [-0.2, 0) is 6.54 Å². The third-order valence-corrected chi connectivity index (χ3v) is 3.86. The van der Waals surface area contributed by atoms with Crippen molar-refractivity contribution >= 4 is 11.7 Å². The molecular weight excluding hydrogens is 238 g/mol. The molecule has 0 aromatic heterocycles. The predicted molar refractivity (Wildman–Crippen MR) is 78.0 cm³/mol. The molecule has 3 N–H and O–H groups in total. The molecule has 4 heteroatoms. The lowest BCUT2D eigenvalue weighted by molar-refractivity contribution is 0.186. The number of hydrogen-bond acceptors (Lipinski definition) is 2. The minimum atomic E-state index is -0.0268. The maximum Gasteiger partial charge on any atom is 0.321 e. The minimum absolute atomic E-state index is 0.0268. The Labute approximate surface area is 115 Å². The molecule has 4 nitrogen and oxygen atoms in total. The standard InChI is InChI=1S/C15H23N3O/c1-18(14-8-3-2-4-9-14)15(19)17-13-7-5-6-12(10-13)11-16/h5-7,10,14H,2-4,8-9,11,16H2,1H3,(H,17,19). The second kappa shape index (κ2) is 6.57. The van der Waals surface area contributed by atoms with Crippen LogP contribution in [0.1, 0.15) is 37.7 Å². The zero-order valence-electron chi connectivity index (χ0n) is 11.6. The number of amides is 2. The van der Waals surface area contributed by atoms with Crippen LogP contribution in [0.25, 0.3) is 0 Å². The Kier molecular flexibility index (Phi) is 4.80. The smallest absolute Gasteiger partial charge is 0.321 e. The highest BCUT2D eigenvalue weighted by atomic mass is 16.2. The van der Waals surface area contributed by atoms with Gasteiger partial charge in [-0.25, -0.2) is 4.79 Å². The summed E-state index contributed by atoms with van der Waals surface area (Å²) >= 11 is 0. The van der Waals surface area contributed by atoms with E-state index < -0.39 is 0 Å². The van der Waals surface area contributed by atoms with Crippen molar-refractivity contribution in [1.82, 2.24) is 4.90 Å². The largest absolute Gasteiger partial charge is 0.326 e. The highest BCUT2D eigenvalue weighted by Gasteiger charge is 2.21. The molecule has 1 fully saturated rings. The van der Waals surface area contributed by atoms with E-state index in [4.69, 9.17) is 5.73 Å². The van der Waals surface area contributed by atoms with Crippen molar-refractivity contribution < 1.29 is 4.79 Å². The zero-order valence-corrected chi connectivity index (χ0v) is 11.6. The van der Waals surface area contributed by atoms with Gasteiger partial charge in [-0.05, 0) is 30.5 Å². The van der Waals surface area contributed by atoms with Gasteiger partial charge in [0, 0.05) is 25.3 Å². The maximum atomic E-state index is 12.2. The normalized spacial score (nSPS) is 16.1. The SMILES string of the molecule is CN(C(=O)Nc1cccc(CN)c1)C1CCCCC1. The summed E-state index contributed by atoms with van der Waals surface area (Å²) in [6, 6.07) is 8.05. The molecule has 2 amide bonds. The molecule has 0 atom stereocenters. The van der Waals surface area contributed by atoms with Gasteiger partial charge in [0.1, 0.15) is 0 Å². The second-order valence-corrected chi connectivity index (χ2v) is 5.24. The first-order chi connectivity index (χ1) is 9.20. The summed E-state index contributed by atoms with van der Waals surface area (Å²) < 4.78 is 0. The van der Waals surface area contributed by atoms with Gasteiger partial charge in [-0.3, -0.25) is 0 Å². The highest BCUT2D eigenvalue weighted by Crippen LogP contribution is 2.22. The zero-order chi connectivity index (χ0) is 13.7. The van der Waals surface area contributed by atoms with Crippen molar-refractivity contribution in [2.45, 2.75) is 44.7 Å². The molecule has 0 aliphatic heterocycles. The van der Waals surface area contributed by atoms with Crippen LogP contribution >= 0.6 is 0 Å². The molecule has 0 saturated heterocycles. The third-order valence-electron chi connectivity index (χ3n) is 3.86. The van der Waals surface area contributed by atoms with Crippen LogP contribution in [-0.4, -0.2) is 24.0 Å². The summed E-state index contributed by atoms with van der Waals surface area (Å²) in [6.07, 6.45) is 5.99. The van der Waals surface area contributed by atoms with E-state index in [-0.39, 0.29) is 6.03 Å². The summed E-state index contributed by atoms with van der Waals surface area (Å²) in [6.45, 7) is 0.488. The summed E-state index contributed by atoms with van der Waals surface area (Å²) in [7, 11) is 1.89. The molecule has 1 aromatic rings. The van der Waals surface area contributed by atoms with Gasteiger partial charge in [0.05, 0.1) is 0 Å². The molecule has 0 heterocycles. The Hall–Kier alpha value is -1.55. The number of urea groups is 1. The van der Waals surface area contributed by atoms with E-state index in [1.165, 1.54) is 19.3 Å². The number of hydrogen-bond donors (Lipinski definition) is 2. The van der Waals surface area contributed by atoms with Gasteiger partial charge in [-0.15, -0.1) is 0 Å². The molecule has 1 aliphatic carbocycles. The van der Waals surface area contributed by atoms with Crippen LogP contribution in [0.5, 0.6) is 0 Å². The van der Waals surface area contributed by atoms with Gasteiger partial charge in [-0.2, -0.15) is 0 Å². The fourth-order valence-corrected chi connectivity index (χ4v) is 2.62. The molecule has 1 saturated carbocycles. The molecular formula is C15H23N3O. The van der Waals surface area contributed by atoms with Gasteiger partial charge in [0.25, 0.3) is 0 Å². The van der Waals surface area contributed by atoms with Crippen LogP contribution in [0.2, 0.25) is 0 Å². The fraction of sp³-hybridized carbons (Fsp3) is 0.533. The number of rotatable bonds is 3. The molecule has 19 heavy (non-hydrogen) atoms. The molecule has 0 bridgehead atoms. The summed E-state index contributed by atoms with van der Waals surface area (Å²) in [4.78, 5) is 14.0. The van der Waals surface area contributed by atoms with Crippen LogP contribution < -0.4 is 11.1 Å². The Morgan fingerprint density at radius 2 is 2.11 bits per heavy atom. The molecule has 0 unspecified atom stereocenters. The average Bonchev–Trinajstić information content (AvgIpc) is 2.47. The van der Waals surface area contributed by atoms with E-state index in [1.54, 1.807) is 0 Å². The number of nitrogens with two attached hydrogens (primary N) is 1.